The molecule has 0 fully saturated rings. The maximum Gasteiger partial charge on any atom is 0.299 e. The minimum absolute atomic E-state index is 0.160. The standard InChI is InChI=1S/C6H6O9S2/c7-2-1-3(16(10,11)12)6(17(13,14)15)5(9)4(2)8/h1,7-9H,(H,10,11,12)(H,13,14,15). The normalized spacial score (nSPS) is 12.6. The molecular weight excluding hydrogens is 280 g/mol. The first-order valence-corrected chi connectivity index (χ1v) is 6.57. The Balaban J connectivity index is 3.98. The van der Waals surface area contributed by atoms with E-state index in [2.05, 4.69) is 0 Å². The van der Waals surface area contributed by atoms with Gasteiger partial charge in [0.05, 0.1) is 0 Å². The van der Waals surface area contributed by atoms with Crippen LogP contribution in [-0.2, 0) is 20.2 Å². The minimum Gasteiger partial charge on any atom is -0.504 e. The molecule has 0 spiro atoms. The summed E-state index contributed by atoms with van der Waals surface area (Å²) in [5.41, 5.74) is 0. The van der Waals surface area contributed by atoms with Crippen LogP contribution in [0.1, 0.15) is 0 Å². The summed E-state index contributed by atoms with van der Waals surface area (Å²) in [5, 5.41) is 27.1. The molecule has 9 nitrogen and oxygen atoms in total. The van der Waals surface area contributed by atoms with Gasteiger partial charge in [0.1, 0.15) is 4.90 Å². The Labute approximate surface area is 95.1 Å². The van der Waals surface area contributed by atoms with Gasteiger partial charge in [0.25, 0.3) is 20.2 Å². The largest absolute Gasteiger partial charge is 0.504 e. The molecule has 0 amide bonds. The number of aromatic hydroxyl groups is 3. The van der Waals surface area contributed by atoms with Crippen LogP contribution in [0.4, 0.5) is 0 Å². The summed E-state index contributed by atoms with van der Waals surface area (Å²) in [6.45, 7) is 0. The van der Waals surface area contributed by atoms with E-state index in [-0.39, 0.29) is 6.07 Å². The minimum atomic E-state index is -5.25. The summed E-state index contributed by atoms with van der Waals surface area (Å²) in [5.74, 6) is -4.15. The van der Waals surface area contributed by atoms with Crippen LogP contribution in [0, 0.1) is 0 Å². The molecule has 0 aliphatic heterocycles. The molecule has 0 unspecified atom stereocenters. The smallest absolute Gasteiger partial charge is 0.299 e. The first-order valence-electron chi connectivity index (χ1n) is 3.69. The fraction of sp³-hybridized carbons (Fsp3) is 0. The molecule has 11 heteroatoms. The van der Waals surface area contributed by atoms with Crippen LogP contribution < -0.4 is 0 Å². The van der Waals surface area contributed by atoms with Gasteiger partial charge in [-0.2, -0.15) is 16.8 Å². The van der Waals surface area contributed by atoms with E-state index in [1.165, 1.54) is 0 Å². The van der Waals surface area contributed by atoms with E-state index in [0.29, 0.717) is 0 Å². The third kappa shape index (κ3) is 2.41. The predicted octanol–water partition coefficient (Wildman–Crippen LogP) is -0.703. The third-order valence-electron chi connectivity index (χ3n) is 1.71. The van der Waals surface area contributed by atoms with Gasteiger partial charge in [-0.05, 0) is 0 Å². The highest BCUT2D eigenvalue weighted by Gasteiger charge is 2.31. The third-order valence-corrected chi connectivity index (χ3v) is 3.65. The molecule has 0 heterocycles. The Kier molecular flexibility index (Phi) is 2.96. The van der Waals surface area contributed by atoms with Crippen molar-refractivity contribution in [2.75, 3.05) is 0 Å². The van der Waals surface area contributed by atoms with Crippen LogP contribution in [0.25, 0.3) is 0 Å². The molecule has 0 atom stereocenters. The first kappa shape index (κ1) is 13.5. The summed E-state index contributed by atoms with van der Waals surface area (Å²) in [6, 6.07) is 0.160. The van der Waals surface area contributed by atoms with E-state index in [1.807, 2.05) is 0 Å². The van der Waals surface area contributed by atoms with Crippen molar-refractivity contribution in [1.29, 1.82) is 0 Å². The lowest BCUT2D eigenvalue weighted by Crippen LogP contribution is -2.08. The van der Waals surface area contributed by atoms with Gasteiger partial charge in [-0.3, -0.25) is 9.11 Å². The number of hydrogen-bond acceptors (Lipinski definition) is 7. The van der Waals surface area contributed by atoms with Crippen molar-refractivity contribution in [2.24, 2.45) is 0 Å². The van der Waals surface area contributed by atoms with Crippen LogP contribution in [0.2, 0.25) is 0 Å². The predicted molar refractivity (Wildman–Crippen MR) is 51.1 cm³/mol. The van der Waals surface area contributed by atoms with Gasteiger partial charge < -0.3 is 15.3 Å². The molecule has 0 aliphatic rings. The Morgan fingerprint density at radius 1 is 0.824 bits per heavy atom. The summed E-state index contributed by atoms with van der Waals surface area (Å²) < 4.78 is 60.5. The number of phenolic OH excluding ortho intramolecular Hbond substituents is 3. The zero-order chi connectivity index (χ0) is 13.6. The molecule has 0 radical (unpaired) electrons. The molecule has 0 aliphatic carbocycles. The lowest BCUT2D eigenvalue weighted by molar-refractivity contribution is 0.353. The fourth-order valence-corrected chi connectivity index (χ4v) is 2.92. The quantitative estimate of drug-likeness (QED) is 0.348. The van der Waals surface area contributed by atoms with Gasteiger partial charge in [0, 0.05) is 6.07 Å². The van der Waals surface area contributed by atoms with Gasteiger partial charge >= 0.3 is 0 Å². The second-order valence-corrected chi connectivity index (χ2v) is 5.62. The van der Waals surface area contributed by atoms with Crippen LogP contribution in [0.3, 0.4) is 0 Å². The fourth-order valence-electron chi connectivity index (χ4n) is 1.04. The zero-order valence-electron chi connectivity index (χ0n) is 7.76. The Hall–Kier alpha value is -1.56. The van der Waals surface area contributed by atoms with E-state index in [1.54, 1.807) is 0 Å². The van der Waals surface area contributed by atoms with Crippen LogP contribution in [0.15, 0.2) is 15.9 Å². The van der Waals surface area contributed by atoms with Crippen LogP contribution in [-0.4, -0.2) is 41.3 Å². The van der Waals surface area contributed by atoms with E-state index in [9.17, 15) is 16.8 Å². The molecule has 0 saturated carbocycles. The Morgan fingerprint density at radius 3 is 1.65 bits per heavy atom. The number of phenols is 3. The average Bonchev–Trinajstić information content (AvgIpc) is 2.09. The van der Waals surface area contributed by atoms with Crippen molar-refractivity contribution in [1.82, 2.24) is 0 Å². The monoisotopic (exact) mass is 286 g/mol. The molecule has 0 saturated heterocycles. The number of rotatable bonds is 2. The van der Waals surface area contributed by atoms with Crippen molar-refractivity contribution in [2.45, 2.75) is 9.79 Å². The highest BCUT2D eigenvalue weighted by atomic mass is 32.2. The number of benzene rings is 1. The van der Waals surface area contributed by atoms with E-state index >= 15 is 0 Å². The van der Waals surface area contributed by atoms with Gasteiger partial charge in [0.2, 0.25) is 5.75 Å². The Morgan fingerprint density at radius 2 is 1.29 bits per heavy atom. The van der Waals surface area contributed by atoms with Gasteiger partial charge in [-0.25, -0.2) is 0 Å². The van der Waals surface area contributed by atoms with Crippen molar-refractivity contribution in [3.63, 3.8) is 0 Å². The highest BCUT2D eigenvalue weighted by molar-refractivity contribution is 7.89. The van der Waals surface area contributed by atoms with Crippen molar-refractivity contribution in [3.8, 4) is 17.2 Å². The maximum atomic E-state index is 10.8. The number of hydrogen-bond donors (Lipinski definition) is 5. The SMILES string of the molecule is O=S(=O)(O)c1cc(O)c(O)c(O)c1S(=O)(=O)O. The lowest BCUT2D eigenvalue weighted by Gasteiger charge is -2.09. The molecule has 1 aromatic carbocycles. The lowest BCUT2D eigenvalue weighted by atomic mass is 10.3. The molecule has 0 aromatic heterocycles. The molecular formula is C6H6O9S2. The second-order valence-electron chi connectivity index (χ2n) is 2.87. The average molecular weight is 286 g/mol. The highest BCUT2D eigenvalue weighted by Crippen LogP contribution is 2.43. The summed E-state index contributed by atoms with van der Waals surface area (Å²) in [7, 11) is -10.4. The summed E-state index contributed by atoms with van der Waals surface area (Å²) in [4.78, 5) is -3.09. The maximum absolute atomic E-state index is 10.8. The first-order chi connectivity index (χ1) is 7.46. The second kappa shape index (κ2) is 3.73. The zero-order valence-corrected chi connectivity index (χ0v) is 9.40. The van der Waals surface area contributed by atoms with Crippen molar-refractivity contribution >= 4 is 20.2 Å². The molecule has 96 valence electrons. The van der Waals surface area contributed by atoms with E-state index in [0.717, 1.165) is 0 Å². The summed E-state index contributed by atoms with van der Waals surface area (Å²) in [6.07, 6.45) is 0. The topological polar surface area (TPSA) is 169 Å². The van der Waals surface area contributed by atoms with Crippen LogP contribution >= 0.6 is 0 Å². The summed E-state index contributed by atoms with van der Waals surface area (Å²) >= 11 is 0. The van der Waals surface area contributed by atoms with E-state index in [4.69, 9.17) is 24.4 Å². The van der Waals surface area contributed by atoms with Gasteiger partial charge in [0.15, 0.2) is 16.4 Å². The van der Waals surface area contributed by atoms with Gasteiger partial charge in [-0.15, -0.1) is 0 Å². The Bertz CT molecular complexity index is 670. The van der Waals surface area contributed by atoms with Gasteiger partial charge in [-0.1, -0.05) is 0 Å². The molecule has 17 heavy (non-hydrogen) atoms. The van der Waals surface area contributed by atoms with Crippen molar-refractivity contribution in [3.05, 3.63) is 6.07 Å². The van der Waals surface area contributed by atoms with Crippen molar-refractivity contribution < 1.29 is 41.3 Å². The van der Waals surface area contributed by atoms with Crippen LogP contribution in [0.5, 0.6) is 17.2 Å². The molecule has 1 aromatic rings. The molecule has 5 N–H and O–H groups in total. The molecule has 0 bridgehead atoms. The molecule has 1 rings (SSSR count). The van der Waals surface area contributed by atoms with E-state index < -0.39 is 47.3 Å².